The fraction of sp³-hybridized carbons (Fsp3) is 0.435. The van der Waals surface area contributed by atoms with Crippen LogP contribution in [0, 0.1) is 0 Å². The summed E-state index contributed by atoms with van der Waals surface area (Å²) in [6, 6.07) is 20.1. The first-order chi connectivity index (χ1) is 13.2. The Morgan fingerprint density at radius 1 is 1.07 bits per heavy atom. The number of anilines is 1. The first-order valence-corrected chi connectivity index (χ1v) is 10.0. The number of amides is 1. The third kappa shape index (κ3) is 5.18. The molecule has 0 saturated carbocycles. The number of hydrogen-bond acceptors (Lipinski definition) is 3. The maximum absolute atomic E-state index is 12.5. The Bertz CT molecular complexity index is 697. The first-order valence-electron chi connectivity index (χ1n) is 10.0. The number of para-hydroxylation sites is 1. The second-order valence-electron chi connectivity index (χ2n) is 7.24. The average molecular weight is 367 g/mol. The van der Waals surface area contributed by atoms with Crippen molar-refractivity contribution in [1.29, 1.82) is 0 Å². The summed E-state index contributed by atoms with van der Waals surface area (Å²) in [4.78, 5) is 16.9. The van der Waals surface area contributed by atoms with Gasteiger partial charge in [-0.2, -0.15) is 0 Å². The highest BCUT2D eigenvalue weighted by Gasteiger charge is 2.28. The molecule has 1 amide bonds. The van der Waals surface area contributed by atoms with E-state index in [4.69, 9.17) is 0 Å². The highest BCUT2D eigenvalue weighted by Crippen LogP contribution is 2.25. The van der Waals surface area contributed by atoms with E-state index in [0.717, 1.165) is 50.1 Å². The van der Waals surface area contributed by atoms with Crippen molar-refractivity contribution in [1.82, 2.24) is 4.90 Å². The molecule has 0 spiro atoms. The molecule has 2 aromatic rings. The molecule has 1 fully saturated rings. The van der Waals surface area contributed by atoms with Crippen LogP contribution in [0.15, 0.2) is 60.7 Å². The molecule has 1 aliphatic rings. The lowest BCUT2D eigenvalue weighted by Crippen LogP contribution is -2.47. The Morgan fingerprint density at radius 2 is 1.67 bits per heavy atom. The average Bonchev–Trinajstić information content (AvgIpc) is 2.74. The zero-order valence-corrected chi connectivity index (χ0v) is 16.1. The van der Waals surface area contributed by atoms with Gasteiger partial charge >= 0.3 is 0 Å². The van der Waals surface area contributed by atoms with Gasteiger partial charge in [0.05, 0.1) is 6.10 Å². The summed E-state index contributed by atoms with van der Waals surface area (Å²) < 4.78 is 0. The van der Waals surface area contributed by atoms with Crippen molar-refractivity contribution in [2.45, 2.75) is 44.8 Å². The molecule has 0 aromatic heterocycles. The number of carbonyl (C=O) groups is 1. The minimum atomic E-state index is -0.411. The standard InChI is InChI=1S/C23H30N2O2/c1-2-23(27)25(20-11-7-4-8-12-20)21-13-16-24(17-14-21)18-15-22(26)19-9-5-3-6-10-19/h3-12,21-22,26H,2,13-18H2,1H3. The number of rotatable bonds is 7. The molecule has 3 rings (SSSR count). The number of carbonyl (C=O) groups excluding carboxylic acids is 1. The number of nitrogens with zero attached hydrogens (tertiary/aromatic N) is 2. The number of hydrogen-bond donors (Lipinski definition) is 1. The van der Waals surface area contributed by atoms with Gasteiger partial charge in [-0.3, -0.25) is 4.79 Å². The van der Waals surface area contributed by atoms with Gasteiger partial charge in [-0.25, -0.2) is 0 Å². The van der Waals surface area contributed by atoms with E-state index in [0.29, 0.717) is 6.42 Å². The van der Waals surface area contributed by atoms with Crippen molar-refractivity contribution in [3.05, 3.63) is 66.2 Å². The van der Waals surface area contributed by atoms with Crippen molar-refractivity contribution in [2.24, 2.45) is 0 Å². The SMILES string of the molecule is CCC(=O)N(c1ccccc1)C1CCN(CCC(O)c2ccccc2)CC1. The molecule has 1 atom stereocenters. The Hall–Kier alpha value is -2.17. The topological polar surface area (TPSA) is 43.8 Å². The quantitative estimate of drug-likeness (QED) is 0.805. The van der Waals surface area contributed by atoms with Crippen LogP contribution in [-0.4, -0.2) is 41.6 Å². The van der Waals surface area contributed by atoms with Gasteiger partial charge in [0.2, 0.25) is 5.91 Å². The normalized spacial score (nSPS) is 16.8. The molecule has 1 aliphatic heterocycles. The molecular formula is C23H30N2O2. The molecule has 1 saturated heterocycles. The van der Waals surface area contributed by atoms with Crippen LogP contribution in [0.2, 0.25) is 0 Å². The largest absolute Gasteiger partial charge is 0.388 e. The molecule has 1 N–H and O–H groups in total. The van der Waals surface area contributed by atoms with Gasteiger partial charge in [0.25, 0.3) is 0 Å². The van der Waals surface area contributed by atoms with E-state index in [2.05, 4.69) is 4.90 Å². The first kappa shape index (κ1) is 19.6. The Morgan fingerprint density at radius 3 is 2.26 bits per heavy atom. The van der Waals surface area contributed by atoms with Gasteiger partial charge in [-0.15, -0.1) is 0 Å². The molecule has 2 aromatic carbocycles. The van der Waals surface area contributed by atoms with Crippen LogP contribution >= 0.6 is 0 Å². The second-order valence-corrected chi connectivity index (χ2v) is 7.24. The second kappa shape index (κ2) is 9.67. The molecular weight excluding hydrogens is 336 g/mol. The summed E-state index contributed by atoms with van der Waals surface area (Å²) in [5, 5.41) is 10.4. The molecule has 144 valence electrons. The molecule has 0 aliphatic carbocycles. The fourth-order valence-corrected chi connectivity index (χ4v) is 3.87. The number of aliphatic hydroxyl groups excluding tert-OH is 1. The van der Waals surface area contributed by atoms with Gasteiger partial charge in [-0.1, -0.05) is 55.5 Å². The van der Waals surface area contributed by atoms with Gasteiger partial charge in [0, 0.05) is 37.8 Å². The Kier molecular flexibility index (Phi) is 7.02. The van der Waals surface area contributed by atoms with E-state index in [9.17, 15) is 9.90 Å². The molecule has 27 heavy (non-hydrogen) atoms. The Balaban J connectivity index is 1.53. The van der Waals surface area contributed by atoms with Crippen LogP contribution in [-0.2, 0) is 4.79 Å². The molecule has 0 bridgehead atoms. The van der Waals surface area contributed by atoms with Gasteiger partial charge < -0.3 is 14.9 Å². The number of likely N-dealkylation sites (tertiary alicyclic amines) is 1. The van der Waals surface area contributed by atoms with Crippen molar-refractivity contribution < 1.29 is 9.90 Å². The molecule has 4 heteroatoms. The van der Waals surface area contributed by atoms with Crippen molar-refractivity contribution in [3.8, 4) is 0 Å². The van der Waals surface area contributed by atoms with Gasteiger partial charge in [0.1, 0.15) is 0 Å². The monoisotopic (exact) mass is 366 g/mol. The third-order valence-electron chi connectivity index (χ3n) is 5.43. The van der Waals surface area contributed by atoms with E-state index in [1.165, 1.54) is 0 Å². The summed E-state index contributed by atoms with van der Waals surface area (Å²) in [6.07, 6.45) is 2.81. The highest BCUT2D eigenvalue weighted by molar-refractivity contribution is 5.93. The fourth-order valence-electron chi connectivity index (χ4n) is 3.87. The summed E-state index contributed by atoms with van der Waals surface area (Å²) in [5.41, 5.74) is 1.98. The van der Waals surface area contributed by atoms with Crippen LogP contribution < -0.4 is 4.90 Å². The van der Waals surface area contributed by atoms with Gasteiger partial charge in [0.15, 0.2) is 0 Å². The third-order valence-corrected chi connectivity index (χ3v) is 5.43. The minimum Gasteiger partial charge on any atom is -0.388 e. The zero-order chi connectivity index (χ0) is 19.1. The van der Waals surface area contributed by atoms with Crippen LogP contribution in [0.1, 0.15) is 44.3 Å². The van der Waals surface area contributed by atoms with E-state index in [1.807, 2.05) is 72.5 Å². The van der Waals surface area contributed by atoms with Gasteiger partial charge in [-0.05, 0) is 37.0 Å². The zero-order valence-electron chi connectivity index (χ0n) is 16.1. The summed E-state index contributed by atoms with van der Waals surface area (Å²) in [7, 11) is 0. The van der Waals surface area contributed by atoms with E-state index < -0.39 is 6.10 Å². The van der Waals surface area contributed by atoms with Crippen LogP contribution in [0.4, 0.5) is 5.69 Å². The molecule has 1 heterocycles. The van der Waals surface area contributed by atoms with E-state index in [1.54, 1.807) is 0 Å². The highest BCUT2D eigenvalue weighted by atomic mass is 16.3. The van der Waals surface area contributed by atoms with E-state index >= 15 is 0 Å². The summed E-state index contributed by atoms with van der Waals surface area (Å²) in [6.45, 7) is 4.74. The van der Waals surface area contributed by atoms with Crippen LogP contribution in [0.25, 0.3) is 0 Å². The number of benzene rings is 2. The van der Waals surface area contributed by atoms with Crippen molar-refractivity contribution in [2.75, 3.05) is 24.5 Å². The molecule has 0 radical (unpaired) electrons. The maximum Gasteiger partial charge on any atom is 0.226 e. The predicted octanol–water partition coefficient (Wildman–Crippen LogP) is 4.02. The predicted molar refractivity (Wildman–Crippen MR) is 110 cm³/mol. The van der Waals surface area contributed by atoms with Crippen LogP contribution in [0.5, 0.6) is 0 Å². The summed E-state index contributed by atoms with van der Waals surface area (Å²) in [5.74, 6) is 0.194. The lowest BCUT2D eigenvalue weighted by molar-refractivity contribution is -0.119. The summed E-state index contributed by atoms with van der Waals surface area (Å²) >= 11 is 0. The number of piperidine rings is 1. The Labute approximate surface area is 162 Å². The van der Waals surface area contributed by atoms with Crippen molar-refractivity contribution >= 4 is 11.6 Å². The minimum absolute atomic E-state index is 0.194. The molecule has 4 nitrogen and oxygen atoms in total. The van der Waals surface area contributed by atoms with Crippen molar-refractivity contribution in [3.63, 3.8) is 0 Å². The maximum atomic E-state index is 12.5. The van der Waals surface area contributed by atoms with Crippen LogP contribution in [0.3, 0.4) is 0 Å². The van der Waals surface area contributed by atoms with E-state index in [-0.39, 0.29) is 11.9 Å². The smallest absolute Gasteiger partial charge is 0.226 e. The lowest BCUT2D eigenvalue weighted by atomic mass is 10.0. The number of aliphatic hydroxyl groups is 1. The lowest BCUT2D eigenvalue weighted by Gasteiger charge is -2.38. The molecule has 1 unspecified atom stereocenters.